The molecule has 0 heterocycles. The van der Waals surface area contributed by atoms with Crippen LogP contribution in [-0.2, 0) is 19.3 Å². The number of carbonyl (C=O) groups is 1. The quantitative estimate of drug-likeness (QED) is 0.756. The Hall–Kier alpha value is -1.06. The van der Waals surface area contributed by atoms with Crippen molar-refractivity contribution in [3.05, 3.63) is 34.9 Å². The summed E-state index contributed by atoms with van der Waals surface area (Å²) in [5.41, 5.74) is 5.18. The van der Waals surface area contributed by atoms with Crippen LogP contribution in [-0.4, -0.2) is 34.1 Å². The zero-order valence-electron chi connectivity index (χ0n) is 13.9. The predicted molar refractivity (Wildman–Crippen MR) is 94.7 cm³/mol. The molecule has 0 fully saturated rings. The molecule has 0 bridgehead atoms. The normalized spacial score (nSPS) is 19.0. The van der Waals surface area contributed by atoms with E-state index in [0.717, 1.165) is 24.8 Å². The summed E-state index contributed by atoms with van der Waals surface area (Å²) < 4.78 is 24.7. The van der Waals surface area contributed by atoms with Crippen LogP contribution in [0.3, 0.4) is 0 Å². The van der Waals surface area contributed by atoms with Gasteiger partial charge in [0.1, 0.15) is 0 Å². The fourth-order valence-corrected chi connectivity index (χ4v) is 10.3. The van der Waals surface area contributed by atoms with E-state index in [9.17, 15) is 18.3 Å². The second-order valence-corrected chi connectivity index (χ2v) is 14.0. The van der Waals surface area contributed by atoms with Crippen LogP contribution in [0.15, 0.2) is 28.7 Å². The van der Waals surface area contributed by atoms with Crippen molar-refractivity contribution in [2.45, 2.75) is 55.6 Å². The summed E-state index contributed by atoms with van der Waals surface area (Å²) in [4.78, 5) is 11.7. The Kier molecular flexibility index (Phi) is 4.94. The molecule has 4 nitrogen and oxygen atoms in total. The minimum atomic E-state index is -3.51. The molecule has 1 radical (unpaired) electrons. The van der Waals surface area contributed by atoms with Crippen molar-refractivity contribution in [1.29, 1.82) is 0 Å². The number of benzene rings is 1. The second kappa shape index (κ2) is 6.68. The number of hydrogen-bond donors (Lipinski definition) is 1. The molecular weight excluding hydrogens is 387 g/mol. The van der Waals surface area contributed by atoms with Gasteiger partial charge in [0.05, 0.1) is 0 Å². The summed E-state index contributed by atoms with van der Waals surface area (Å²) in [7, 11) is -3.51. The van der Waals surface area contributed by atoms with E-state index in [1.54, 1.807) is 26.0 Å². The van der Waals surface area contributed by atoms with E-state index in [-0.39, 0.29) is 5.92 Å². The van der Waals surface area contributed by atoms with Crippen LogP contribution in [0.25, 0.3) is 5.57 Å². The average Bonchev–Trinajstić information content (AvgIpc) is 2.89. The van der Waals surface area contributed by atoms with Crippen molar-refractivity contribution in [3.63, 3.8) is 0 Å². The van der Waals surface area contributed by atoms with Crippen LogP contribution in [0.1, 0.15) is 50.7 Å². The van der Waals surface area contributed by atoms with Crippen molar-refractivity contribution in [2.75, 3.05) is 0 Å². The van der Waals surface area contributed by atoms with Gasteiger partial charge in [-0.1, -0.05) is 0 Å². The van der Waals surface area contributed by atoms with E-state index in [1.807, 2.05) is 6.07 Å². The Morgan fingerprint density at radius 1 is 1.21 bits per heavy atom. The molecular formula is C18H22AsO4S. The fourth-order valence-electron chi connectivity index (χ4n) is 3.55. The van der Waals surface area contributed by atoms with E-state index < -0.39 is 33.4 Å². The zero-order chi connectivity index (χ0) is 17.5. The molecule has 1 atom stereocenters. The van der Waals surface area contributed by atoms with Gasteiger partial charge in [0.2, 0.25) is 0 Å². The van der Waals surface area contributed by atoms with Gasteiger partial charge in [-0.25, -0.2) is 0 Å². The second-order valence-electron chi connectivity index (χ2n) is 6.89. The molecule has 24 heavy (non-hydrogen) atoms. The van der Waals surface area contributed by atoms with Crippen molar-refractivity contribution in [3.8, 4) is 0 Å². The molecule has 2 aliphatic carbocycles. The molecule has 1 aromatic carbocycles. The number of allylic oxidation sites excluding steroid dienone is 2. The van der Waals surface area contributed by atoms with Crippen molar-refractivity contribution in [2.24, 2.45) is 5.92 Å². The first-order valence-electron chi connectivity index (χ1n) is 8.33. The fraction of sp³-hybridized carbons (Fsp3) is 0.500. The van der Waals surface area contributed by atoms with Crippen LogP contribution in [0.4, 0.5) is 0 Å². The SMILES string of the molecule is CC(C)C([As]S(=O)(=O)c1ccc2c(c1)CC1=C2CCCC1)C(=O)O. The first-order chi connectivity index (χ1) is 11.3. The summed E-state index contributed by atoms with van der Waals surface area (Å²) in [5.74, 6) is -1.19. The van der Waals surface area contributed by atoms with Gasteiger partial charge in [-0.3, -0.25) is 0 Å². The van der Waals surface area contributed by atoms with Gasteiger partial charge in [-0.2, -0.15) is 0 Å². The first-order valence-corrected chi connectivity index (χ1v) is 13.2. The minimum absolute atomic E-state index is 0.180. The number of fused-ring (bicyclic) bond motifs is 2. The Balaban J connectivity index is 1.88. The molecule has 2 aliphatic rings. The third-order valence-electron chi connectivity index (χ3n) is 4.82. The number of hydrogen-bond acceptors (Lipinski definition) is 3. The summed E-state index contributed by atoms with van der Waals surface area (Å²) in [6.45, 7) is 3.54. The molecule has 1 aromatic rings. The third-order valence-corrected chi connectivity index (χ3v) is 12.4. The predicted octanol–water partition coefficient (Wildman–Crippen LogP) is 3.49. The van der Waals surface area contributed by atoms with Crippen LogP contribution < -0.4 is 0 Å². The van der Waals surface area contributed by atoms with E-state index in [4.69, 9.17) is 0 Å². The van der Waals surface area contributed by atoms with Gasteiger partial charge in [0.25, 0.3) is 0 Å². The molecule has 6 heteroatoms. The van der Waals surface area contributed by atoms with Gasteiger partial charge in [-0.15, -0.1) is 0 Å². The number of carboxylic acids is 1. The van der Waals surface area contributed by atoms with Gasteiger partial charge in [0.15, 0.2) is 0 Å². The van der Waals surface area contributed by atoms with Crippen LogP contribution >= 0.6 is 0 Å². The Morgan fingerprint density at radius 3 is 2.58 bits per heavy atom. The Labute approximate surface area is 148 Å². The monoisotopic (exact) mass is 409 g/mol. The molecule has 0 amide bonds. The molecule has 129 valence electrons. The van der Waals surface area contributed by atoms with Crippen LogP contribution in [0.2, 0.25) is 4.71 Å². The van der Waals surface area contributed by atoms with E-state index in [2.05, 4.69) is 0 Å². The Bertz CT molecular complexity index is 808. The van der Waals surface area contributed by atoms with Gasteiger partial charge in [-0.05, 0) is 0 Å². The molecule has 0 spiro atoms. The molecule has 3 rings (SSSR count). The van der Waals surface area contributed by atoms with Gasteiger partial charge >= 0.3 is 149 Å². The average molecular weight is 409 g/mol. The molecule has 1 N–H and O–H groups in total. The molecule has 0 aliphatic heterocycles. The summed E-state index contributed by atoms with van der Waals surface area (Å²) >= 11 is -1.34. The van der Waals surface area contributed by atoms with Crippen molar-refractivity contribution >= 4 is 34.2 Å². The van der Waals surface area contributed by atoms with Crippen LogP contribution in [0.5, 0.6) is 0 Å². The van der Waals surface area contributed by atoms with Crippen molar-refractivity contribution < 1.29 is 18.3 Å². The van der Waals surface area contributed by atoms with Gasteiger partial charge in [0, 0.05) is 0 Å². The standard InChI is InChI=1S/C18H22AsO4S/c1-11(2)17(18(20)21)19-24(22,23)14-7-8-16-13(10-14)9-12-5-3-4-6-15(12)16/h7-8,10-11,17H,3-6,9H2,1-2H3,(H,20,21). The third kappa shape index (κ3) is 3.34. The first kappa shape index (κ1) is 17.8. The zero-order valence-corrected chi connectivity index (χ0v) is 16.6. The summed E-state index contributed by atoms with van der Waals surface area (Å²) in [6, 6.07) is 5.40. The van der Waals surface area contributed by atoms with Crippen molar-refractivity contribution in [1.82, 2.24) is 0 Å². The van der Waals surface area contributed by atoms with E-state index in [0.29, 0.717) is 4.90 Å². The molecule has 0 saturated carbocycles. The number of carboxylic acid groups (broad SMARTS) is 1. The Morgan fingerprint density at radius 2 is 1.92 bits per heavy atom. The molecule has 1 unspecified atom stereocenters. The number of aliphatic carboxylic acids is 1. The van der Waals surface area contributed by atoms with E-state index in [1.165, 1.54) is 29.6 Å². The maximum atomic E-state index is 12.7. The summed E-state index contributed by atoms with van der Waals surface area (Å²) in [5, 5.41) is 9.30. The van der Waals surface area contributed by atoms with Crippen LogP contribution in [0, 0.1) is 5.92 Å². The molecule has 0 aromatic heterocycles. The maximum absolute atomic E-state index is 12.7. The van der Waals surface area contributed by atoms with Gasteiger partial charge < -0.3 is 0 Å². The topological polar surface area (TPSA) is 71.4 Å². The summed E-state index contributed by atoms with van der Waals surface area (Å²) in [6.07, 6.45) is 5.49. The van der Waals surface area contributed by atoms with E-state index >= 15 is 0 Å². The number of rotatable bonds is 5. The molecule has 0 saturated heterocycles.